The van der Waals surface area contributed by atoms with Crippen molar-refractivity contribution in [2.45, 2.75) is 26.3 Å². The molecule has 1 heterocycles. The highest BCUT2D eigenvalue weighted by Crippen LogP contribution is 2.16. The Morgan fingerprint density at radius 3 is 2.38 bits per heavy atom. The van der Waals surface area contributed by atoms with Gasteiger partial charge < -0.3 is 19.9 Å². The minimum absolute atomic E-state index is 0.00925. The molecule has 1 amide bonds. The number of carbonyl (C=O) groups excluding carboxylic acids is 3. The van der Waals surface area contributed by atoms with E-state index in [0.29, 0.717) is 5.52 Å². The first-order valence-corrected chi connectivity index (χ1v) is 9.09. The van der Waals surface area contributed by atoms with E-state index in [4.69, 9.17) is 9.47 Å². The predicted molar refractivity (Wildman–Crippen MR) is 102 cm³/mol. The van der Waals surface area contributed by atoms with Crippen LogP contribution in [0.5, 0.6) is 0 Å². The van der Waals surface area contributed by atoms with Crippen LogP contribution in [0, 0.1) is 5.92 Å². The molecule has 0 aliphatic carbocycles. The van der Waals surface area contributed by atoms with Crippen molar-refractivity contribution in [3.05, 3.63) is 42.1 Å². The Morgan fingerprint density at radius 2 is 1.72 bits per heavy atom. The van der Waals surface area contributed by atoms with Crippen LogP contribution in [0.15, 0.2) is 36.4 Å². The summed E-state index contributed by atoms with van der Waals surface area (Å²) in [7, 11) is 0. The third-order valence-corrected chi connectivity index (χ3v) is 4.07. The molecule has 0 bridgehead atoms. The third kappa shape index (κ3) is 5.74. The number of aromatic nitrogens is 1. The molecule has 1 aromatic heterocycles. The van der Waals surface area contributed by atoms with Crippen LogP contribution < -0.4 is 5.32 Å². The lowest BCUT2D eigenvalue weighted by atomic mass is 9.95. The Morgan fingerprint density at radius 1 is 1.03 bits per heavy atom. The summed E-state index contributed by atoms with van der Waals surface area (Å²) in [5, 5.41) is 12.7. The zero-order valence-electron chi connectivity index (χ0n) is 16.1. The van der Waals surface area contributed by atoms with Gasteiger partial charge in [-0.05, 0) is 26.0 Å². The number of carboxylic acid groups (broad SMARTS) is 1. The fraction of sp³-hybridized carbons (Fsp3) is 0.350. The lowest BCUT2D eigenvalue weighted by Crippen LogP contribution is -2.50. The van der Waals surface area contributed by atoms with E-state index in [1.807, 2.05) is 12.1 Å². The van der Waals surface area contributed by atoms with E-state index in [2.05, 4.69) is 10.3 Å². The summed E-state index contributed by atoms with van der Waals surface area (Å²) in [6.07, 6.45) is -0.547. The van der Waals surface area contributed by atoms with Gasteiger partial charge in [0.25, 0.3) is 5.91 Å². The van der Waals surface area contributed by atoms with E-state index in [-0.39, 0.29) is 18.9 Å². The molecule has 0 aliphatic rings. The van der Waals surface area contributed by atoms with E-state index in [1.54, 1.807) is 32.0 Å². The van der Waals surface area contributed by atoms with Gasteiger partial charge in [0.2, 0.25) is 0 Å². The molecular formula is C20H22N2O7. The maximum Gasteiger partial charge on any atom is 0.327 e. The number of benzene rings is 1. The van der Waals surface area contributed by atoms with Crippen molar-refractivity contribution in [2.75, 3.05) is 13.2 Å². The highest BCUT2D eigenvalue weighted by molar-refractivity contribution is 5.98. The van der Waals surface area contributed by atoms with Gasteiger partial charge in [-0.2, -0.15) is 0 Å². The van der Waals surface area contributed by atoms with Gasteiger partial charge in [0.1, 0.15) is 11.7 Å². The van der Waals surface area contributed by atoms with E-state index >= 15 is 0 Å². The van der Waals surface area contributed by atoms with Gasteiger partial charge >= 0.3 is 17.9 Å². The van der Waals surface area contributed by atoms with Crippen molar-refractivity contribution < 1.29 is 33.8 Å². The number of nitrogens with one attached hydrogen (secondary N) is 1. The van der Waals surface area contributed by atoms with Gasteiger partial charge in [0.05, 0.1) is 31.1 Å². The van der Waals surface area contributed by atoms with Crippen LogP contribution in [0.25, 0.3) is 10.9 Å². The molecule has 2 aromatic rings. The number of nitrogens with zero attached hydrogens (tertiary/aromatic N) is 1. The number of pyridine rings is 1. The number of aliphatic carboxylic acids is 1. The normalized spacial score (nSPS) is 12.6. The molecule has 9 heteroatoms. The molecule has 29 heavy (non-hydrogen) atoms. The van der Waals surface area contributed by atoms with Crippen LogP contribution in [-0.2, 0) is 23.9 Å². The Hall–Kier alpha value is -3.49. The first kappa shape index (κ1) is 21.8. The molecule has 1 aromatic carbocycles. The highest BCUT2D eigenvalue weighted by atomic mass is 16.5. The molecule has 9 nitrogen and oxygen atoms in total. The molecular weight excluding hydrogens is 380 g/mol. The number of ether oxygens (including phenoxy) is 2. The van der Waals surface area contributed by atoms with Crippen LogP contribution in [0.1, 0.15) is 30.8 Å². The second-order valence-electron chi connectivity index (χ2n) is 6.05. The minimum atomic E-state index is -1.70. The Kier molecular flexibility index (Phi) is 7.64. The maximum atomic E-state index is 12.6. The summed E-state index contributed by atoms with van der Waals surface area (Å²) in [6.45, 7) is 3.19. The number of hydrogen-bond donors (Lipinski definition) is 2. The number of esters is 2. The van der Waals surface area contributed by atoms with E-state index in [1.165, 1.54) is 6.07 Å². The molecule has 0 spiro atoms. The highest BCUT2D eigenvalue weighted by Gasteiger charge is 2.38. The Bertz CT molecular complexity index is 913. The number of rotatable bonds is 9. The van der Waals surface area contributed by atoms with E-state index in [0.717, 1.165) is 5.39 Å². The summed E-state index contributed by atoms with van der Waals surface area (Å²) in [4.78, 5) is 52.7. The first-order chi connectivity index (χ1) is 13.9. The summed E-state index contributed by atoms with van der Waals surface area (Å²) >= 11 is 0. The number of carbonyl (C=O) groups is 4. The second kappa shape index (κ2) is 10.2. The first-order valence-electron chi connectivity index (χ1n) is 9.09. The zero-order chi connectivity index (χ0) is 21.4. The molecule has 0 aliphatic heterocycles. The lowest BCUT2D eigenvalue weighted by molar-refractivity contribution is -0.159. The topological polar surface area (TPSA) is 132 Å². The molecule has 2 rings (SSSR count). The van der Waals surface area contributed by atoms with Crippen LogP contribution in [0.4, 0.5) is 0 Å². The molecule has 0 unspecified atom stereocenters. The molecule has 2 atom stereocenters. The fourth-order valence-electron chi connectivity index (χ4n) is 2.73. The fourth-order valence-corrected chi connectivity index (χ4v) is 2.73. The Balaban J connectivity index is 2.27. The molecule has 0 saturated heterocycles. The average Bonchev–Trinajstić information content (AvgIpc) is 2.70. The largest absolute Gasteiger partial charge is 0.480 e. The van der Waals surface area contributed by atoms with Crippen LogP contribution in [0.2, 0.25) is 0 Å². The molecule has 0 fully saturated rings. The maximum absolute atomic E-state index is 12.6. The minimum Gasteiger partial charge on any atom is -0.480 e. The van der Waals surface area contributed by atoms with Crippen molar-refractivity contribution in [2.24, 2.45) is 5.92 Å². The van der Waals surface area contributed by atoms with Gasteiger partial charge in [-0.1, -0.05) is 24.3 Å². The van der Waals surface area contributed by atoms with Crippen molar-refractivity contribution >= 4 is 34.7 Å². The predicted octanol–water partition coefficient (Wildman–Crippen LogP) is 1.55. The third-order valence-electron chi connectivity index (χ3n) is 4.07. The quantitative estimate of drug-likeness (QED) is 0.604. The van der Waals surface area contributed by atoms with Crippen molar-refractivity contribution in [1.82, 2.24) is 10.3 Å². The number of hydrogen-bond acceptors (Lipinski definition) is 7. The number of carboxylic acids is 1. The van der Waals surface area contributed by atoms with E-state index in [9.17, 15) is 24.3 Å². The summed E-state index contributed by atoms with van der Waals surface area (Å²) in [6, 6.07) is 8.54. The van der Waals surface area contributed by atoms with Gasteiger partial charge in [-0.15, -0.1) is 0 Å². The summed E-state index contributed by atoms with van der Waals surface area (Å²) < 4.78 is 9.69. The summed E-state index contributed by atoms with van der Waals surface area (Å²) in [5.74, 6) is -5.41. The Labute approximate surface area is 167 Å². The lowest BCUT2D eigenvalue weighted by Gasteiger charge is -2.22. The SMILES string of the molecule is CCOC(=O)C[C@@H](C(=O)OCC)[C@@H](NC(=O)c1ccc2ccccc2n1)C(=O)O. The van der Waals surface area contributed by atoms with Gasteiger partial charge in [0, 0.05) is 5.39 Å². The van der Waals surface area contributed by atoms with E-state index < -0.39 is 42.2 Å². The van der Waals surface area contributed by atoms with Gasteiger partial charge in [0.15, 0.2) is 0 Å². The van der Waals surface area contributed by atoms with Crippen LogP contribution >= 0.6 is 0 Å². The number of fused-ring (bicyclic) bond motifs is 1. The molecule has 0 saturated carbocycles. The van der Waals surface area contributed by atoms with Crippen molar-refractivity contribution in [1.29, 1.82) is 0 Å². The average molecular weight is 402 g/mol. The van der Waals surface area contributed by atoms with Gasteiger partial charge in [-0.25, -0.2) is 9.78 Å². The molecule has 2 N–H and O–H groups in total. The standard InChI is InChI=1S/C20H22N2O7/c1-3-28-16(23)11-13(20(27)29-4-2)17(19(25)26)22-18(24)15-10-9-12-7-5-6-8-14(12)21-15/h5-10,13,17H,3-4,11H2,1-2H3,(H,22,24)(H,25,26)/t13-,17-/m1/s1. The summed E-state index contributed by atoms with van der Waals surface area (Å²) in [5.41, 5.74) is 0.536. The van der Waals surface area contributed by atoms with Crippen molar-refractivity contribution in [3.8, 4) is 0 Å². The smallest absolute Gasteiger partial charge is 0.327 e. The molecule has 154 valence electrons. The second-order valence-corrected chi connectivity index (χ2v) is 6.05. The molecule has 0 radical (unpaired) electrons. The number of amides is 1. The van der Waals surface area contributed by atoms with Crippen molar-refractivity contribution in [3.63, 3.8) is 0 Å². The van der Waals surface area contributed by atoms with Gasteiger partial charge in [-0.3, -0.25) is 14.4 Å². The zero-order valence-corrected chi connectivity index (χ0v) is 16.1. The number of para-hydroxylation sites is 1. The van der Waals surface area contributed by atoms with Crippen LogP contribution in [0.3, 0.4) is 0 Å². The monoisotopic (exact) mass is 402 g/mol. The van der Waals surface area contributed by atoms with Crippen LogP contribution in [-0.4, -0.2) is 53.2 Å².